The molecule has 2 saturated heterocycles. The van der Waals surface area contributed by atoms with Crippen LogP contribution in [0, 0.1) is 11.7 Å². The van der Waals surface area contributed by atoms with Crippen molar-refractivity contribution in [2.24, 2.45) is 5.92 Å². The highest BCUT2D eigenvalue weighted by Crippen LogP contribution is 2.49. The number of aliphatic hydroxyl groups is 1. The lowest BCUT2D eigenvalue weighted by Crippen LogP contribution is -2.47. The lowest BCUT2D eigenvalue weighted by Gasteiger charge is -2.43. The number of aryl methyl sites for hydroxylation is 1. The average Bonchev–Trinajstić information content (AvgIpc) is 3.05. The summed E-state index contributed by atoms with van der Waals surface area (Å²) in [4.78, 5) is 0. The summed E-state index contributed by atoms with van der Waals surface area (Å²) in [5.41, 5.74) is 0.842. The maximum atomic E-state index is 13.4. The van der Waals surface area contributed by atoms with E-state index in [4.69, 9.17) is 9.47 Å². The first-order valence-corrected chi connectivity index (χ1v) is 7.84. The van der Waals surface area contributed by atoms with Gasteiger partial charge in [-0.1, -0.05) is 6.07 Å². The van der Waals surface area contributed by atoms with Crippen molar-refractivity contribution in [1.82, 2.24) is 0 Å². The standard InChI is InChI=1S/C17H21FO3/c18-14-1-2-15-12(9-14)3-5-17(15,19)13-4-7-21-16(10-13)6-8-20-11-16/h1-2,9,13,19H,3-8,10-11H2. The fourth-order valence-electron chi connectivity index (χ4n) is 4.37. The predicted octanol–water partition coefficient (Wildman–Crippen LogP) is 2.55. The van der Waals surface area contributed by atoms with Crippen molar-refractivity contribution in [2.45, 2.75) is 43.3 Å². The van der Waals surface area contributed by atoms with E-state index < -0.39 is 5.60 Å². The highest BCUT2D eigenvalue weighted by molar-refractivity contribution is 5.38. The van der Waals surface area contributed by atoms with Gasteiger partial charge in [0.15, 0.2) is 0 Å². The molecular formula is C17H21FO3. The van der Waals surface area contributed by atoms with Gasteiger partial charge in [-0.25, -0.2) is 4.39 Å². The molecule has 21 heavy (non-hydrogen) atoms. The third-order valence-corrected chi connectivity index (χ3v) is 5.54. The van der Waals surface area contributed by atoms with Crippen LogP contribution in [0.2, 0.25) is 0 Å². The molecule has 4 heteroatoms. The van der Waals surface area contributed by atoms with E-state index in [1.807, 2.05) is 0 Å². The molecule has 0 amide bonds. The monoisotopic (exact) mass is 292 g/mol. The van der Waals surface area contributed by atoms with Crippen LogP contribution in [-0.2, 0) is 21.5 Å². The molecule has 3 unspecified atom stereocenters. The van der Waals surface area contributed by atoms with E-state index in [0.29, 0.717) is 19.6 Å². The van der Waals surface area contributed by atoms with Gasteiger partial charge in [-0.2, -0.15) is 0 Å². The molecule has 1 aromatic rings. The van der Waals surface area contributed by atoms with Crippen molar-refractivity contribution in [3.8, 4) is 0 Å². The Hall–Kier alpha value is -0.970. The first-order valence-electron chi connectivity index (χ1n) is 7.84. The van der Waals surface area contributed by atoms with E-state index >= 15 is 0 Å². The molecule has 2 heterocycles. The van der Waals surface area contributed by atoms with E-state index in [2.05, 4.69) is 0 Å². The summed E-state index contributed by atoms with van der Waals surface area (Å²) in [6, 6.07) is 4.80. The molecule has 3 aliphatic rings. The van der Waals surface area contributed by atoms with Crippen LogP contribution in [0.3, 0.4) is 0 Å². The maximum absolute atomic E-state index is 13.4. The fraction of sp³-hybridized carbons (Fsp3) is 0.647. The molecule has 2 fully saturated rings. The van der Waals surface area contributed by atoms with Gasteiger partial charge in [0.25, 0.3) is 0 Å². The molecule has 2 aliphatic heterocycles. The van der Waals surface area contributed by atoms with Crippen molar-refractivity contribution in [3.05, 3.63) is 35.1 Å². The van der Waals surface area contributed by atoms with Crippen LogP contribution in [0.1, 0.15) is 36.8 Å². The summed E-state index contributed by atoms with van der Waals surface area (Å²) in [6.45, 7) is 2.05. The molecule has 1 N–H and O–H groups in total. The van der Waals surface area contributed by atoms with Gasteiger partial charge < -0.3 is 14.6 Å². The first-order chi connectivity index (χ1) is 10.1. The topological polar surface area (TPSA) is 38.7 Å². The Morgan fingerprint density at radius 3 is 2.95 bits per heavy atom. The van der Waals surface area contributed by atoms with E-state index in [-0.39, 0.29) is 17.3 Å². The summed E-state index contributed by atoms with van der Waals surface area (Å²) in [5, 5.41) is 11.3. The number of benzene rings is 1. The molecule has 114 valence electrons. The minimum Gasteiger partial charge on any atom is -0.385 e. The molecule has 3 nitrogen and oxygen atoms in total. The lowest BCUT2D eigenvalue weighted by molar-refractivity contribution is -0.145. The fourth-order valence-corrected chi connectivity index (χ4v) is 4.37. The van der Waals surface area contributed by atoms with Crippen molar-refractivity contribution in [3.63, 3.8) is 0 Å². The zero-order valence-corrected chi connectivity index (χ0v) is 12.1. The van der Waals surface area contributed by atoms with Crippen molar-refractivity contribution >= 4 is 0 Å². The molecule has 1 aromatic carbocycles. The largest absolute Gasteiger partial charge is 0.385 e. The molecule has 0 saturated carbocycles. The number of hydrogen-bond donors (Lipinski definition) is 1. The summed E-state index contributed by atoms with van der Waals surface area (Å²) in [5.74, 6) is -0.0506. The highest BCUT2D eigenvalue weighted by atomic mass is 19.1. The van der Waals surface area contributed by atoms with Gasteiger partial charge in [0, 0.05) is 19.6 Å². The molecule has 0 bridgehead atoms. The maximum Gasteiger partial charge on any atom is 0.123 e. The minimum absolute atomic E-state index is 0.166. The number of rotatable bonds is 1. The highest BCUT2D eigenvalue weighted by Gasteiger charge is 2.50. The third-order valence-electron chi connectivity index (χ3n) is 5.54. The van der Waals surface area contributed by atoms with Crippen LogP contribution in [0.25, 0.3) is 0 Å². The molecular weight excluding hydrogens is 271 g/mol. The second-order valence-electron chi connectivity index (χ2n) is 6.75. The molecule has 1 spiro atoms. The lowest BCUT2D eigenvalue weighted by atomic mass is 9.73. The van der Waals surface area contributed by atoms with Crippen LogP contribution in [-0.4, -0.2) is 30.5 Å². The Labute approximate surface area is 124 Å². The number of hydrogen-bond acceptors (Lipinski definition) is 3. The van der Waals surface area contributed by atoms with Crippen LogP contribution in [0.5, 0.6) is 0 Å². The second kappa shape index (κ2) is 4.77. The Kier molecular flexibility index (Phi) is 3.10. The number of fused-ring (bicyclic) bond motifs is 1. The van der Waals surface area contributed by atoms with Crippen LogP contribution in [0.4, 0.5) is 4.39 Å². The normalized spacial score (nSPS) is 38.9. The SMILES string of the molecule is OC1(C2CCOC3(CCOC3)C2)CCc2cc(F)ccc21. The van der Waals surface area contributed by atoms with Crippen molar-refractivity contribution in [2.75, 3.05) is 19.8 Å². The van der Waals surface area contributed by atoms with Gasteiger partial charge in [-0.05, 0) is 54.9 Å². The third kappa shape index (κ3) is 2.12. The van der Waals surface area contributed by atoms with E-state index in [9.17, 15) is 9.50 Å². The quantitative estimate of drug-likeness (QED) is 0.864. The zero-order valence-electron chi connectivity index (χ0n) is 12.1. The molecule has 0 radical (unpaired) electrons. The Morgan fingerprint density at radius 2 is 2.14 bits per heavy atom. The van der Waals surface area contributed by atoms with Gasteiger partial charge in [0.05, 0.1) is 17.8 Å². The zero-order chi connectivity index (χ0) is 14.5. The van der Waals surface area contributed by atoms with Gasteiger partial charge >= 0.3 is 0 Å². The summed E-state index contributed by atoms with van der Waals surface area (Å²) in [6.07, 6.45) is 4.04. The van der Waals surface area contributed by atoms with E-state index in [1.54, 1.807) is 12.1 Å². The van der Waals surface area contributed by atoms with E-state index in [0.717, 1.165) is 43.4 Å². The Balaban J connectivity index is 1.64. The molecule has 4 rings (SSSR count). The van der Waals surface area contributed by atoms with Gasteiger partial charge in [-0.3, -0.25) is 0 Å². The molecule has 3 atom stereocenters. The Morgan fingerprint density at radius 1 is 1.24 bits per heavy atom. The van der Waals surface area contributed by atoms with Crippen molar-refractivity contribution < 1.29 is 19.0 Å². The molecule has 0 aromatic heterocycles. The number of ether oxygens (including phenoxy) is 2. The number of halogens is 1. The van der Waals surface area contributed by atoms with Crippen LogP contribution < -0.4 is 0 Å². The Bertz CT molecular complexity index is 553. The van der Waals surface area contributed by atoms with Gasteiger partial charge in [-0.15, -0.1) is 0 Å². The smallest absolute Gasteiger partial charge is 0.123 e. The van der Waals surface area contributed by atoms with Crippen LogP contribution >= 0.6 is 0 Å². The summed E-state index contributed by atoms with van der Waals surface area (Å²) in [7, 11) is 0. The van der Waals surface area contributed by atoms with Gasteiger partial charge in [0.2, 0.25) is 0 Å². The van der Waals surface area contributed by atoms with Crippen LogP contribution in [0.15, 0.2) is 18.2 Å². The minimum atomic E-state index is -0.831. The average molecular weight is 292 g/mol. The summed E-state index contributed by atoms with van der Waals surface area (Å²) >= 11 is 0. The first kappa shape index (κ1) is 13.7. The second-order valence-corrected chi connectivity index (χ2v) is 6.75. The van der Waals surface area contributed by atoms with Crippen molar-refractivity contribution in [1.29, 1.82) is 0 Å². The summed E-state index contributed by atoms with van der Waals surface area (Å²) < 4.78 is 24.9. The predicted molar refractivity (Wildman–Crippen MR) is 75.5 cm³/mol. The van der Waals surface area contributed by atoms with Gasteiger partial charge in [0.1, 0.15) is 5.82 Å². The molecule has 1 aliphatic carbocycles. The van der Waals surface area contributed by atoms with E-state index in [1.165, 1.54) is 6.07 Å².